The molecule has 0 saturated carbocycles. The van der Waals surface area contributed by atoms with Gasteiger partial charge >= 0.3 is 29.6 Å². The molecule has 0 aromatic rings. The van der Waals surface area contributed by atoms with Gasteiger partial charge in [0.15, 0.2) is 0 Å². The predicted molar refractivity (Wildman–Crippen MR) is 150 cm³/mol. The molecule has 0 aliphatic heterocycles. The van der Waals surface area contributed by atoms with Gasteiger partial charge in [-0.15, -0.1) is 0 Å². The molecule has 4 N–H and O–H groups in total. The van der Waals surface area contributed by atoms with Crippen molar-refractivity contribution in [2.24, 2.45) is 11.8 Å². The molecule has 2 atom stereocenters. The van der Waals surface area contributed by atoms with E-state index in [2.05, 4.69) is 37.6 Å². The summed E-state index contributed by atoms with van der Waals surface area (Å²) in [6.45, 7) is 23.1. The first kappa shape index (κ1) is 55.4. The molecule has 0 heterocycles. The van der Waals surface area contributed by atoms with Crippen LogP contribution in [0.3, 0.4) is 0 Å². The Kier molecular flexibility index (Phi) is 38.4. The van der Waals surface area contributed by atoms with Crippen LogP contribution in [0.4, 0.5) is 0 Å². The van der Waals surface area contributed by atoms with Crippen LogP contribution in [0.1, 0.15) is 97.9 Å². The van der Waals surface area contributed by atoms with Gasteiger partial charge in [-0.2, -0.15) is 8.42 Å². The molecule has 11 heteroatoms. The van der Waals surface area contributed by atoms with Crippen LogP contribution >= 0.6 is 0 Å². The Hall–Kier alpha value is -0.100. The standard InChI is InChI=1S/C10H21NO3S.C10H20NO2S.4CH4.Na.H2O/c1-6-8(2)9(3)11-10(4,5)7-15(12,13)14;1-6-8(2)9(3)11-10(4,5)7-14(12)13;;;;;;/h8,11H,3,6-7H2,1-2,4-5H3,(H,12,13,14);8,11H,3,6-7H2,1-2,4-5H3;4*1H4;;1H2/q;-1;;;;;+1;/p-1. The first-order chi connectivity index (χ1) is 12.9. The van der Waals surface area contributed by atoms with Crippen LogP contribution in [-0.2, 0) is 29.2 Å². The van der Waals surface area contributed by atoms with Gasteiger partial charge in [0.2, 0.25) is 0 Å². The van der Waals surface area contributed by atoms with E-state index in [1.165, 1.54) is 0 Å². The van der Waals surface area contributed by atoms with Crippen LogP contribution in [0.5, 0.6) is 0 Å². The molecular weight excluding hydrogens is 499 g/mol. The Morgan fingerprint density at radius 2 is 1.14 bits per heavy atom. The summed E-state index contributed by atoms with van der Waals surface area (Å²) >= 11 is 0. The first-order valence-corrected chi connectivity index (χ1v) is 12.7. The Morgan fingerprint density at radius 1 is 0.857 bits per heavy atom. The molecule has 0 radical (unpaired) electrons. The first-order valence-electron chi connectivity index (χ1n) is 9.80. The van der Waals surface area contributed by atoms with Gasteiger partial charge in [-0.05, 0) is 58.1 Å². The summed E-state index contributed by atoms with van der Waals surface area (Å²) < 4.78 is 51.4. The molecule has 8 nitrogen and oxygen atoms in total. The predicted octanol–water partition coefficient (Wildman–Crippen LogP) is 3.40. The van der Waals surface area contributed by atoms with E-state index in [0.717, 1.165) is 24.2 Å². The van der Waals surface area contributed by atoms with Gasteiger partial charge in [0.1, 0.15) is 0 Å². The topological polar surface area (TPSA) is 143 Å². The number of hydrogen-bond acceptors (Lipinski definition) is 8. The van der Waals surface area contributed by atoms with E-state index in [9.17, 15) is 16.8 Å². The SMILES string of the molecule is C.C.C.C.C=C(NC(C)(C)CS(=O)(=O)O)C(C)CC.C=C(NC(C)(C)C[S-](=O)=O)C(C)CC.[Na+].[OH-]. The van der Waals surface area contributed by atoms with Crippen LogP contribution in [0.25, 0.3) is 0 Å². The molecule has 0 saturated heterocycles. The van der Waals surface area contributed by atoms with Crippen molar-refractivity contribution in [3.05, 3.63) is 24.6 Å². The second-order valence-electron chi connectivity index (χ2n) is 8.86. The molecule has 2 unspecified atom stereocenters. The fourth-order valence-electron chi connectivity index (χ4n) is 2.43. The van der Waals surface area contributed by atoms with Gasteiger partial charge in [0.25, 0.3) is 10.1 Å². The second-order valence-corrected chi connectivity index (χ2v) is 11.2. The minimum Gasteiger partial charge on any atom is -0.870 e. The van der Waals surface area contributed by atoms with Crippen molar-refractivity contribution in [3.63, 3.8) is 0 Å². The van der Waals surface area contributed by atoms with E-state index in [4.69, 9.17) is 4.55 Å². The summed E-state index contributed by atoms with van der Waals surface area (Å²) in [5.41, 5.74) is 0.565. The Bertz CT molecular complexity index is 714. The van der Waals surface area contributed by atoms with Gasteiger partial charge in [0, 0.05) is 22.5 Å². The fourth-order valence-corrected chi connectivity index (χ4v) is 4.08. The molecule has 0 spiro atoms. The quantitative estimate of drug-likeness (QED) is 0.188. The molecule has 0 amide bonds. The molecule has 0 aliphatic rings. The zero-order valence-corrected chi connectivity index (χ0v) is 24.4. The maximum absolute atomic E-state index is 10.8. The average molecular weight is 558 g/mol. The van der Waals surface area contributed by atoms with Crippen LogP contribution in [0, 0.1) is 11.8 Å². The fraction of sp³-hybridized carbons (Fsp3) is 0.833. The normalized spacial score (nSPS) is 11.9. The minimum absolute atomic E-state index is 0. The number of nitrogens with one attached hydrogen (secondary N) is 2. The third kappa shape index (κ3) is 31.9. The van der Waals surface area contributed by atoms with Gasteiger partial charge in [-0.1, -0.05) is 81.3 Å². The summed E-state index contributed by atoms with van der Waals surface area (Å²) in [6.07, 6.45) is 1.94. The van der Waals surface area contributed by atoms with Crippen molar-refractivity contribution < 1.29 is 56.4 Å². The summed E-state index contributed by atoms with van der Waals surface area (Å²) in [4.78, 5) is 0. The number of rotatable bonds is 12. The van der Waals surface area contributed by atoms with Crippen molar-refractivity contribution in [1.82, 2.24) is 10.6 Å². The molecular formula is C24H58N2NaO6S2-. The zero-order valence-electron chi connectivity index (χ0n) is 20.7. The van der Waals surface area contributed by atoms with Crippen molar-refractivity contribution in [2.75, 3.05) is 11.5 Å². The third-order valence-electron chi connectivity index (χ3n) is 4.43. The summed E-state index contributed by atoms with van der Waals surface area (Å²) in [5, 5.41) is 6.18. The van der Waals surface area contributed by atoms with Crippen molar-refractivity contribution in [3.8, 4) is 0 Å². The maximum Gasteiger partial charge on any atom is 1.00 e. The molecule has 0 bridgehead atoms. The molecule has 214 valence electrons. The van der Waals surface area contributed by atoms with Crippen LogP contribution in [-0.4, -0.2) is 41.0 Å². The molecule has 0 aromatic heterocycles. The van der Waals surface area contributed by atoms with E-state index in [0.29, 0.717) is 5.92 Å². The van der Waals surface area contributed by atoms with Gasteiger partial charge < -0.3 is 24.5 Å². The van der Waals surface area contributed by atoms with Crippen LogP contribution in [0.2, 0.25) is 0 Å². The number of allylic oxidation sites excluding steroid dienone is 2. The largest absolute Gasteiger partial charge is 1.00 e. The maximum atomic E-state index is 10.8. The molecule has 0 fully saturated rings. The monoisotopic (exact) mass is 557 g/mol. The van der Waals surface area contributed by atoms with Crippen molar-refractivity contribution in [2.45, 2.75) is 109 Å². The minimum atomic E-state index is -3.96. The Morgan fingerprint density at radius 3 is 1.37 bits per heavy atom. The second kappa shape index (κ2) is 24.2. The van der Waals surface area contributed by atoms with Gasteiger partial charge in [-0.3, -0.25) is 4.55 Å². The average Bonchev–Trinajstić information content (AvgIpc) is 2.48. The number of hydrogen-bond donors (Lipinski definition) is 3. The van der Waals surface area contributed by atoms with Crippen molar-refractivity contribution in [1.29, 1.82) is 0 Å². The van der Waals surface area contributed by atoms with Crippen LogP contribution < -0.4 is 40.2 Å². The zero-order chi connectivity index (χ0) is 23.6. The summed E-state index contributed by atoms with van der Waals surface area (Å²) in [6, 6.07) is 0. The van der Waals surface area contributed by atoms with Gasteiger partial charge in [-0.25, -0.2) is 0 Å². The molecule has 0 rings (SSSR count). The Labute approximate surface area is 243 Å². The smallest absolute Gasteiger partial charge is 0.870 e. The van der Waals surface area contributed by atoms with E-state index < -0.39 is 31.9 Å². The van der Waals surface area contributed by atoms with Crippen LogP contribution in [0.15, 0.2) is 24.6 Å². The van der Waals surface area contributed by atoms with E-state index in [1.54, 1.807) is 13.8 Å². The molecule has 0 aliphatic carbocycles. The molecule has 0 aromatic carbocycles. The summed E-state index contributed by atoms with van der Waals surface area (Å²) in [7, 11) is -5.98. The van der Waals surface area contributed by atoms with E-state index in [1.807, 2.05) is 27.7 Å². The van der Waals surface area contributed by atoms with E-state index in [-0.39, 0.29) is 82.2 Å². The van der Waals surface area contributed by atoms with E-state index >= 15 is 0 Å². The summed E-state index contributed by atoms with van der Waals surface area (Å²) in [5.74, 6) is 0.429. The third-order valence-corrected chi connectivity index (χ3v) is 6.48. The van der Waals surface area contributed by atoms with Gasteiger partial charge in [0.05, 0.1) is 5.75 Å². The van der Waals surface area contributed by atoms with Crippen molar-refractivity contribution >= 4 is 20.8 Å². The Balaban J connectivity index is -0.0000000594. The molecule has 35 heavy (non-hydrogen) atoms.